The van der Waals surface area contributed by atoms with Gasteiger partial charge in [0.1, 0.15) is 5.82 Å². The average Bonchev–Trinajstić information content (AvgIpc) is 2.40. The second kappa shape index (κ2) is 6.70. The van der Waals surface area contributed by atoms with E-state index in [-0.39, 0.29) is 12.7 Å². The summed E-state index contributed by atoms with van der Waals surface area (Å²) in [5.74, 6) is -4.84. The summed E-state index contributed by atoms with van der Waals surface area (Å²) in [6, 6.07) is -1.02. The van der Waals surface area contributed by atoms with Crippen LogP contribution in [0.25, 0.3) is 0 Å². The Morgan fingerprint density at radius 3 is 2.57 bits per heavy atom. The minimum absolute atomic E-state index is 0.0177. The molecule has 114 valence electrons. The van der Waals surface area contributed by atoms with Crippen LogP contribution in [0.15, 0.2) is 12.1 Å². The first-order valence-corrected chi connectivity index (χ1v) is 5.64. The minimum atomic E-state index is -1.74. The van der Waals surface area contributed by atoms with Gasteiger partial charge >= 0.3 is 11.7 Å². The van der Waals surface area contributed by atoms with Crippen LogP contribution in [0.2, 0.25) is 0 Å². The fraction of sp³-hybridized carbons (Fsp3) is 0.273. The van der Waals surface area contributed by atoms with Crippen molar-refractivity contribution in [1.29, 1.82) is 0 Å². The number of amides is 1. The number of nitrogens with zero attached hydrogens (tertiary/aromatic N) is 1. The lowest BCUT2D eigenvalue weighted by atomic mass is 10.2. The van der Waals surface area contributed by atoms with Crippen LogP contribution >= 0.6 is 0 Å². The summed E-state index contributed by atoms with van der Waals surface area (Å²) < 4.78 is 31.0. The molecule has 0 bridgehead atoms. The number of nitro groups is 1. The molecule has 0 aliphatic carbocycles. The summed E-state index contributed by atoms with van der Waals surface area (Å²) in [5, 5.41) is 12.4. The Kier molecular flexibility index (Phi) is 5.24. The van der Waals surface area contributed by atoms with E-state index in [2.05, 4.69) is 4.74 Å². The SMILES string of the molecule is CCOC(=O)C(N)C(=O)Nc1cc([N+](=O)[O-])c(F)cc1F. The van der Waals surface area contributed by atoms with E-state index < -0.39 is 45.9 Å². The van der Waals surface area contributed by atoms with Crippen molar-refractivity contribution in [2.75, 3.05) is 11.9 Å². The summed E-state index contributed by atoms with van der Waals surface area (Å²) >= 11 is 0. The number of anilines is 1. The number of nitrogens with one attached hydrogen (secondary N) is 1. The van der Waals surface area contributed by atoms with Gasteiger partial charge in [-0.1, -0.05) is 0 Å². The van der Waals surface area contributed by atoms with Crippen LogP contribution in [0.3, 0.4) is 0 Å². The summed E-state index contributed by atoms with van der Waals surface area (Å²) in [5.41, 5.74) is 3.55. The molecule has 0 aliphatic heterocycles. The quantitative estimate of drug-likeness (QED) is 0.357. The van der Waals surface area contributed by atoms with Gasteiger partial charge in [-0.2, -0.15) is 4.39 Å². The fourth-order valence-corrected chi connectivity index (χ4v) is 1.32. The third-order valence-corrected chi connectivity index (χ3v) is 2.31. The van der Waals surface area contributed by atoms with Crippen molar-refractivity contribution in [1.82, 2.24) is 0 Å². The molecule has 1 unspecified atom stereocenters. The molecule has 8 nitrogen and oxygen atoms in total. The second-order valence-electron chi connectivity index (χ2n) is 3.76. The predicted molar refractivity (Wildman–Crippen MR) is 66.3 cm³/mol. The van der Waals surface area contributed by atoms with Crippen LogP contribution in [0.5, 0.6) is 0 Å². The number of benzene rings is 1. The maximum Gasteiger partial charge on any atom is 0.332 e. The summed E-state index contributed by atoms with van der Waals surface area (Å²) in [6.07, 6.45) is 0. The zero-order valence-corrected chi connectivity index (χ0v) is 10.8. The van der Waals surface area contributed by atoms with E-state index in [9.17, 15) is 28.5 Å². The first kappa shape index (κ1) is 16.4. The lowest BCUT2D eigenvalue weighted by Gasteiger charge is -2.11. The fourth-order valence-electron chi connectivity index (χ4n) is 1.32. The molecule has 0 saturated heterocycles. The number of esters is 1. The van der Waals surface area contributed by atoms with E-state index >= 15 is 0 Å². The summed E-state index contributed by atoms with van der Waals surface area (Å²) in [4.78, 5) is 32.2. The average molecular weight is 303 g/mol. The van der Waals surface area contributed by atoms with Gasteiger partial charge in [0.05, 0.1) is 17.2 Å². The number of rotatable bonds is 5. The number of carbonyl (C=O) groups excluding carboxylic acids is 2. The van der Waals surface area contributed by atoms with Gasteiger partial charge in [-0.25, -0.2) is 9.18 Å². The molecule has 0 heterocycles. The molecule has 1 atom stereocenters. The highest BCUT2D eigenvalue weighted by Gasteiger charge is 2.26. The highest BCUT2D eigenvalue weighted by molar-refractivity contribution is 6.08. The molecule has 3 N–H and O–H groups in total. The van der Waals surface area contributed by atoms with E-state index in [1.807, 2.05) is 5.32 Å². The molecule has 0 aliphatic rings. The molecule has 1 rings (SSSR count). The Hall–Kier alpha value is -2.62. The van der Waals surface area contributed by atoms with Gasteiger partial charge < -0.3 is 15.8 Å². The van der Waals surface area contributed by atoms with Crippen LogP contribution in [0.1, 0.15) is 6.92 Å². The van der Waals surface area contributed by atoms with E-state index in [1.165, 1.54) is 6.92 Å². The van der Waals surface area contributed by atoms with Crippen molar-refractivity contribution in [2.24, 2.45) is 5.73 Å². The lowest BCUT2D eigenvalue weighted by molar-refractivity contribution is -0.387. The van der Waals surface area contributed by atoms with Crippen molar-refractivity contribution in [3.05, 3.63) is 33.9 Å². The molecular weight excluding hydrogens is 292 g/mol. The van der Waals surface area contributed by atoms with Gasteiger partial charge in [-0.3, -0.25) is 14.9 Å². The molecule has 0 saturated carbocycles. The first-order chi connectivity index (χ1) is 9.77. The maximum absolute atomic E-state index is 13.4. The minimum Gasteiger partial charge on any atom is -0.464 e. The number of hydrogen-bond acceptors (Lipinski definition) is 6. The van der Waals surface area contributed by atoms with Gasteiger partial charge in [0.2, 0.25) is 5.82 Å². The third-order valence-electron chi connectivity index (χ3n) is 2.31. The molecule has 21 heavy (non-hydrogen) atoms. The summed E-state index contributed by atoms with van der Waals surface area (Å²) in [6.45, 7) is 1.47. The molecule has 10 heteroatoms. The number of nitrogens with two attached hydrogens (primary N) is 1. The molecule has 0 aromatic heterocycles. The van der Waals surface area contributed by atoms with Crippen molar-refractivity contribution in [2.45, 2.75) is 13.0 Å². The molecule has 0 radical (unpaired) electrons. The van der Waals surface area contributed by atoms with Crippen molar-refractivity contribution >= 4 is 23.3 Å². The predicted octanol–water partition coefficient (Wildman–Crippen LogP) is 0.702. The van der Waals surface area contributed by atoms with Crippen LogP contribution in [0, 0.1) is 21.7 Å². The Balaban J connectivity index is 2.97. The van der Waals surface area contributed by atoms with Crippen molar-refractivity contribution in [3.63, 3.8) is 0 Å². The molecule has 1 aromatic carbocycles. The van der Waals surface area contributed by atoms with Crippen LogP contribution < -0.4 is 11.1 Å². The van der Waals surface area contributed by atoms with Gasteiger partial charge in [-0.05, 0) is 6.92 Å². The molecule has 0 spiro atoms. The van der Waals surface area contributed by atoms with Crippen molar-refractivity contribution < 1.29 is 28.0 Å². The normalized spacial score (nSPS) is 11.6. The second-order valence-corrected chi connectivity index (χ2v) is 3.76. The highest BCUT2D eigenvalue weighted by atomic mass is 19.1. The number of halogens is 2. The van der Waals surface area contributed by atoms with E-state index in [0.29, 0.717) is 6.07 Å². The highest BCUT2D eigenvalue weighted by Crippen LogP contribution is 2.25. The van der Waals surface area contributed by atoms with E-state index in [4.69, 9.17) is 5.73 Å². The topological polar surface area (TPSA) is 125 Å². The molecular formula is C11H11F2N3O5. The maximum atomic E-state index is 13.4. The third kappa shape index (κ3) is 3.92. The Morgan fingerprint density at radius 1 is 1.43 bits per heavy atom. The molecule has 1 aromatic rings. The first-order valence-electron chi connectivity index (χ1n) is 5.64. The summed E-state index contributed by atoms with van der Waals surface area (Å²) in [7, 11) is 0. The number of hydrogen-bond donors (Lipinski definition) is 2. The van der Waals surface area contributed by atoms with Crippen molar-refractivity contribution in [3.8, 4) is 0 Å². The lowest BCUT2D eigenvalue weighted by Crippen LogP contribution is -2.43. The van der Waals surface area contributed by atoms with Gasteiger partial charge in [0.25, 0.3) is 5.91 Å². The zero-order chi connectivity index (χ0) is 16.2. The smallest absolute Gasteiger partial charge is 0.332 e. The van der Waals surface area contributed by atoms with Crippen LogP contribution in [0.4, 0.5) is 20.2 Å². The van der Waals surface area contributed by atoms with Crippen LogP contribution in [-0.4, -0.2) is 29.4 Å². The van der Waals surface area contributed by atoms with E-state index in [0.717, 1.165) is 0 Å². The van der Waals surface area contributed by atoms with Crippen LogP contribution in [-0.2, 0) is 14.3 Å². The van der Waals surface area contributed by atoms with E-state index in [1.54, 1.807) is 0 Å². The standard InChI is InChI=1S/C11H11F2N3O5/c1-2-21-11(18)9(14)10(17)15-7-4-8(16(19)20)6(13)3-5(7)12/h3-4,9H,2,14H2,1H3,(H,15,17). The Labute approximate surface area is 117 Å². The largest absolute Gasteiger partial charge is 0.464 e. The Morgan fingerprint density at radius 2 is 2.05 bits per heavy atom. The number of carbonyl (C=O) groups is 2. The van der Waals surface area contributed by atoms with Gasteiger partial charge in [-0.15, -0.1) is 0 Å². The van der Waals surface area contributed by atoms with Gasteiger partial charge in [0.15, 0.2) is 6.04 Å². The number of ether oxygens (including phenoxy) is 1. The zero-order valence-electron chi connectivity index (χ0n) is 10.8. The molecule has 0 fully saturated rings. The molecule has 1 amide bonds. The monoisotopic (exact) mass is 303 g/mol. The number of nitro benzene ring substituents is 1. The Bertz CT molecular complexity index is 593. The van der Waals surface area contributed by atoms with Gasteiger partial charge in [0, 0.05) is 12.1 Å².